The summed E-state index contributed by atoms with van der Waals surface area (Å²) in [5.41, 5.74) is 0.490. The molecule has 0 N–H and O–H groups in total. The van der Waals surface area contributed by atoms with Crippen molar-refractivity contribution in [2.45, 2.75) is 116 Å². The van der Waals surface area contributed by atoms with E-state index in [1.165, 1.54) is 89.9 Å². The predicted molar refractivity (Wildman–Crippen MR) is 126 cm³/mol. The predicted octanol–water partition coefficient (Wildman–Crippen LogP) is 4.34. The van der Waals surface area contributed by atoms with E-state index in [4.69, 9.17) is 4.74 Å². The summed E-state index contributed by atoms with van der Waals surface area (Å²) in [5.74, 6) is -0.256. The standard InChI is InChI=1S/C27H46NO2.BrH/c1-26(2)27(29)30-25-21-16-14-12-10-8-6-4-3-5-7-9-11-13-15-18-22-28-23-19-17-20-24-28;/h17,19-20,23-24H,1,3-16,18,21-22,25H2,2H3;1H/q+1;/p-1. The third kappa shape index (κ3) is 19.3. The fourth-order valence-corrected chi connectivity index (χ4v) is 3.74. The van der Waals surface area contributed by atoms with Crippen molar-refractivity contribution in [3.63, 3.8) is 0 Å². The number of ether oxygens (including phenoxy) is 1. The van der Waals surface area contributed by atoms with Gasteiger partial charge in [0.2, 0.25) is 0 Å². The van der Waals surface area contributed by atoms with E-state index in [1.807, 2.05) is 0 Å². The topological polar surface area (TPSA) is 30.2 Å². The normalized spacial score (nSPS) is 10.5. The molecule has 0 aliphatic heterocycles. The number of aromatic nitrogens is 1. The Morgan fingerprint density at radius 2 is 1.06 bits per heavy atom. The maximum absolute atomic E-state index is 11.2. The third-order valence-corrected chi connectivity index (χ3v) is 5.67. The first-order valence-electron chi connectivity index (χ1n) is 12.5. The Morgan fingerprint density at radius 3 is 1.48 bits per heavy atom. The molecule has 0 amide bonds. The van der Waals surface area contributed by atoms with Crippen molar-refractivity contribution in [1.29, 1.82) is 0 Å². The number of hydrogen-bond acceptors (Lipinski definition) is 2. The smallest absolute Gasteiger partial charge is 0.333 e. The number of unbranched alkanes of at least 4 members (excludes halogenated alkanes) is 15. The molecule has 0 aliphatic carbocycles. The van der Waals surface area contributed by atoms with Crippen molar-refractivity contribution in [2.24, 2.45) is 0 Å². The van der Waals surface area contributed by atoms with Crippen LogP contribution in [0.2, 0.25) is 0 Å². The summed E-state index contributed by atoms with van der Waals surface area (Å²) >= 11 is 0. The number of nitrogens with zero attached hydrogens (tertiary/aromatic N) is 1. The van der Waals surface area contributed by atoms with Gasteiger partial charge >= 0.3 is 5.97 Å². The number of carbonyl (C=O) groups is 1. The summed E-state index contributed by atoms with van der Waals surface area (Å²) < 4.78 is 7.39. The lowest BCUT2D eigenvalue weighted by atomic mass is 10.0. The van der Waals surface area contributed by atoms with Gasteiger partial charge in [-0.15, -0.1) is 0 Å². The Morgan fingerprint density at radius 1 is 0.677 bits per heavy atom. The highest BCUT2D eigenvalue weighted by atomic mass is 79.9. The number of carbonyl (C=O) groups excluding carboxylic acids is 1. The Bertz CT molecular complexity index is 547. The highest BCUT2D eigenvalue weighted by molar-refractivity contribution is 5.86. The second-order valence-corrected chi connectivity index (χ2v) is 8.69. The number of pyridine rings is 1. The van der Waals surface area contributed by atoms with Crippen LogP contribution in [0.25, 0.3) is 0 Å². The van der Waals surface area contributed by atoms with Crippen LogP contribution in [0, 0.1) is 0 Å². The Labute approximate surface area is 202 Å². The lowest BCUT2D eigenvalue weighted by molar-refractivity contribution is -0.697. The van der Waals surface area contributed by atoms with Gasteiger partial charge in [0.05, 0.1) is 6.61 Å². The van der Waals surface area contributed by atoms with Gasteiger partial charge in [-0.2, -0.15) is 0 Å². The van der Waals surface area contributed by atoms with Gasteiger partial charge in [-0.3, -0.25) is 0 Å². The van der Waals surface area contributed by atoms with Gasteiger partial charge < -0.3 is 21.7 Å². The van der Waals surface area contributed by atoms with E-state index in [-0.39, 0.29) is 23.0 Å². The van der Waals surface area contributed by atoms with Gasteiger partial charge in [0.25, 0.3) is 0 Å². The average Bonchev–Trinajstić information content (AvgIpc) is 2.75. The summed E-state index contributed by atoms with van der Waals surface area (Å²) in [5, 5.41) is 0. The number of esters is 1. The first-order valence-corrected chi connectivity index (χ1v) is 12.5. The van der Waals surface area contributed by atoms with Crippen LogP contribution in [0.3, 0.4) is 0 Å². The SMILES string of the molecule is C=C(C)C(=O)OCCCCCCCCCCCCCCCCCC[n+]1ccccc1.[Br-]. The van der Waals surface area contributed by atoms with Crippen LogP contribution in [0.4, 0.5) is 0 Å². The number of rotatable bonds is 20. The van der Waals surface area contributed by atoms with Crippen molar-refractivity contribution in [3.05, 3.63) is 42.7 Å². The minimum absolute atomic E-state index is 0. The lowest BCUT2D eigenvalue weighted by Crippen LogP contribution is -3.00. The molecule has 0 unspecified atom stereocenters. The van der Waals surface area contributed by atoms with Crippen LogP contribution in [-0.2, 0) is 16.1 Å². The molecule has 4 heteroatoms. The molecule has 1 heterocycles. The van der Waals surface area contributed by atoms with Crippen LogP contribution in [0.15, 0.2) is 42.7 Å². The molecule has 1 rings (SSSR count). The highest BCUT2D eigenvalue weighted by Gasteiger charge is 2.02. The van der Waals surface area contributed by atoms with Crippen LogP contribution in [-0.4, -0.2) is 12.6 Å². The second-order valence-electron chi connectivity index (χ2n) is 8.69. The largest absolute Gasteiger partial charge is 1.00 e. The van der Waals surface area contributed by atoms with Gasteiger partial charge in [-0.05, 0) is 19.8 Å². The van der Waals surface area contributed by atoms with Gasteiger partial charge in [-0.25, -0.2) is 9.36 Å². The van der Waals surface area contributed by atoms with E-state index in [0.29, 0.717) is 12.2 Å². The highest BCUT2D eigenvalue weighted by Crippen LogP contribution is 2.13. The van der Waals surface area contributed by atoms with Gasteiger partial charge in [0, 0.05) is 24.1 Å². The van der Waals surface area contributed by atoms with E-state index in [1.54, 1.807) is 6.92 Å². The molecule has 31 heavy (non-hydrogen) atoms. The first-order chi connectivity index (χ1) is 14.7. The van der Waals surface area contributed by atoms with Crippen molar-refractivity contribution >= 4 is 5.97 Å². The molecule has 0 bridgehead atoms. The molecular weight excluding hydrogens is 450 g/mol. The fourth-order valence-electron chi connectivity index (χ4n) is 3.74. The van der Waals surface area contributed by atoms with E-state index in [9.17, 15) is 4.79 Å². The molecule has 1 aromatic heterocycles. The van der Waals surface area contributed by atoms with Crippen LogP contribution >= 0.6 is 0 Å². The first kappa shape index (κ1) is 29.8. The summed E-state index contributed by atoms with van der Waals surface area (Å²) in [6, 6.07) is 6.29. The minimum atomic E-state index is -0.256. The average molecular weight is 497 g/mol. The fraction of sp³-hybridized carbons (Fsp3) is 0.704. The quantitative estimate of drug-likeness (QED) is 0.116. The van der Waals surface area contributed by atoms with Crippen LogP contribution in [0.5, 0.6) is 0 Å². The molecule has 0 aromatic carbocycles. The maximum Gasteiger partial charge on any atom is 0.333 e. The van der Waals surface area contributed by atoms with Gasteiger partial charge in [0.1, 0.15) is 6.54 Å². The molecule has 3 nitrogen and oxygen atoms in total. The number of halogens is 1. The van der Waals surface area contributed by atoms with E-state index >= 15 is 0 Å². The third-order valence-electron chi connectivity index (χ3n) is 5.67. The maximum atomic E-state index is 11.2. The minimum Gasteiger partial charge on any atom is -1.00 e. The van der Waals surface area contributed by atoms with Crippen molar-refractivity contribution in [3.8, 4) is 0 Å². The zero-order valence-electron chi connectivity index (χ0n) is 20.0. The molecule has 178 valence electrons. The number of hydrogen-bond donors (Lipinski definition) is 0. The molecule has 0 fully saturated rings. The summed E-state index contributed by atoms with van der Waals surface area (Å²) in [6.45, 7) is 6.98. The lowest BCUT2D eigenvalue weighted by Gasteiger charge is -2.05. The molecule has 0 saturated carbocycles. The van der Waals surface area contributed by atoms with E-state index in [0.717, 1.165) is 19.4 Å². The monoisotopic (exact) mass is 495 g/mol. The van der Waals surface area contributed by atoms with Crippen molar-refractivity contribution < 1.29 is 31.1 Å². The summed E-state index contributed by atoms with van der Waals surface area (Å²) in [7, 11) is 0. The molecule has 1 aromatic rings. The zero-order chi connectivity index (χ0) is 21.7. The van der Waals surface area contributed by atoms with E-state index < -0.39 is 0 Å². The van der Waals surface area contributed by atoms with Gasteiger partial charge in [0.15, 0.2) is 12.4 Å². The molecular formula is C27H46BrNO2. The summed E-state index contributed by atoms with van der Waals surface area (Å²) in [4.78, 5) is 11.2. The molecule has 0 saturated heterocycles. The summed E-state index contributed by atoms with van der Waals surface area (Å²) in [6.07, 6.45) is 25.7. The Balaban J connectivity index is 0.00000900. The number of aryl methyl sites for hydroxylation is 1. The molecule has 0 spiro atoms. The molecule has 0 radical (unpaired) electrons. The molecule has 0 aliphatic rings. The second kappa shape index (κ2) is 22.0. The van der Waals surface area contributed by atoms with Crippen molar-refractivity contribution in [1.82, 2.24) is 0 Å². The van der Waals surface area contributed by atoms with Crippen molar-refractivity contribution in [2.75, 3.05) is 6.61 Å². The van der Waals surface area contributed by atoms with E-state index in [2.05, 4.69) is 41.7 Å². The van der Waals surface area contributed by atoms with Crippen LogP contribution < -0.4 is 21.5 Å². The Kier molecular flexibility index (Phi) is 21.2. The molecule has 0 atom stereocenters. The zero-order valence-corrected chi connectivity index (χ0v) is 21.5. The Hall–Kier alpha value is -1.16. The van der Waals surface area contributed by atoms with Crippen LogP contribution in [0.1, 0.15) is 110 Å². The van der Waals surface area contributed by atoms with Gasteiger partial charge in [-0.1, -0.05) is 96.1 Å².